The summed E-state index contributed by atoms with van der Waals surface area (Å²) in [5.74, 6) is 1.72. The minimum atomic E-state index is -3.85. The zero-order valence-corrected chi connectivity index (χ0v) is 19.1. The molecule has 0 atom stereocenters. The van der Waals surface area contributed by atoms with Gasteiger partial charge in [0, 0.05) is 32.4 Å². The maximum atomic E-state index is 13.3. The number of hydrogen-bond donors (Lipinski definition) is 0. The summed E-state index contributed by atoms with van der Waals surface area (Å²) in [5, 5.41) is 10.0. The first-order chi connectivity index (χ1) is 16.1. The van der Waals surface area contributed by atoms with Crippen LogP contribution in [0.15, 0.2) is 76.1 Å². The summed E-state index contributed by atoms with van der Waals surface area (Å²) in [6.07, 6.45) is 1.80. The summed E-state index contributed by atoms with van der Waals surface area (Å²) >= 11 is 1.56. The summed E-state index contributed by atoms with van der Waals surface area (Å²) in [4.78, 5) is 13.9. The fraction of sp³-hybridized carbons (Fsp3) is 0.182. The summed E-state index contributed by atoms with van der Waals surface area (Å²) in [7, 11) is -3.85. The van der Waals surface area contributed by atoms with E-state index in [1.165, 1.54) is 4.52 Å². The molecular weight excluding hydrogens is 458 g/mol. The molecule has 0 amide bonds. The number of pyridine rings is 1. The SMILES string of the molecule is O=S(=O)(c1ccccc1)c1nnn2c1nc(N1CCN(c3ccccn3)CC1)c1sccc12. The third-order valence-electron chi connectivity index (χ3n) is 5.76. The smallest absolute Gasteiger partial charge is 0.229 e. The molecule has 1 aliphatic rings. The Bertz CT molecular complexity index is 1540. The molecule has 1 saturated heterocycles. The third-order valence-corrected chi connectivity index (χ3v) is 8.33. The second-order valence-corrected chi connectivity index (χ2v) is 10.5. The first-order valence-corrected chi connectivity index (χ1v) is 12.8. The van der Waals surface area contributed by atoms with Crippen LogP contribution in [0.1, 0.15) is 0 Å². The van der Waals surface area contributed by atoms with E-state index in [2.05, 4.69) is 25.1 Å². The molecule has 11 heteroatoms. The molecule has 33 heavy (non-hydrogen) atoms. The monoisotopic (exact) mass is 477 g/mol. The summed E-state index contributed by atoms with van der Waals surface area (Å²) in [6, 6.07) is 16.1. The Morgan fingerprint density at radius 3 is 2.39 bits per heavy atom. The van der Waals surface area contributed by atoms with Gasteiger partial charge in [0.2, 0.25) is 14.9 Å². The molecule has 0 N–H and O–H groups in total. The number of sulfone groups is 1. The Labute approximate surface area is 193 Å². The van der Waals surface area contributed by atoms with Crippen LogP contribution in [-0.4, -0.2) is 59.4 Å². The van der Waals surface area contributed by atoms with Crippen molar-refractivity contribution in [3.63, 3.8) is 0 Å². The van der Waals surface area contributed by atoms with Gasteiger partial charge in [-0.2, -0.15) is 4.52 Å². The highest BCUT2D eigenvalue weighted by molar-refractivity contribution is 7.91. The Morgan fingerprint density at radius 1 is 0.879 bits per heavy atom. The molecule has 9 nitrogen and oxygen atoms in total. The maximum absolute atomic E-state index is 13.3. The number of anilines is 2. The number of nitrogens with zero attached hydrogens (tertiary/aromatic N) is 7. The third kappa shape index (κ3) is 3.31. The highest BCUT2D eigenvalue weighted by Gasteiger charge is 2.29. The average Bonchev–Trinajstić information content (AvgIpc) is 3.52. The predicted molar refractivity (Wildman–Crippen MR) is 127 cm³/mol. The summed E-state index contributed by atoms with van der Waals surface area (Å²) < 4.78 is 29.1. The van der Waals surface area contributed by atoms with E-state index in [1.54, 1.807) is 47.9 Å². The molecule has 166 valence electrons. The molecular formula is C22H19N7O2S2. The van der Waals surface area contributed by atoms with Gasteiger partial charge in [0.05, 0.1) is 15.1 Å². The van der Waals surface area contributed by atoms with Crippen molar-refractivity contribution in [1.29, 1.82) is 0 Å². The second-order valence-electron chi connectivity index (χ2n) is 7.68. The normalized spacial score (nSPS) is 14.9. The summed E-state index contributed by atoms with van der Waals surface area (Å²) in [6.45, 7) is 3.08. The fourth-order valence-corrected chi connectivity index (χ4v) is 6.24. The number of hydrogen-bond acceptors (Lipinski definition) is 9. The zero-order valence-electron chi connectivity index (χ0n) is 17.4. The van der Waals surface area contributed by atoms with Crippen LogP contribution >= 0.6 is 11.3 Å². The summed E-state index contributed by atoms with van der Waals surface area (Å²) in [5.41, 5.74) is 1.04. The minimum absolute atomic E-state index is 0.129. The Balaban J connectivity index is 1.42. The lowest BCUT2D eigenvalue weighted by atomic mass is 10.3. The molecule has 0 spiro atoms. The van der Waals surface area contributed by atoms with Crippen molar-refractivity contribution in [1.82, 2.24) is 24.8 Å². The molecule has 1 aliphatic heterocycles. The van der Waals surface area contributed by atoms with E-state index in [1.807, 2.05) is 29.6 Å². The van der Waals surface area contributed by atoms with Gasteiger partial charge in [-0.05, 0) is 35.7 Å². The first kappa shape index (κ1) is 20.1. The van der Waals surface area contributed by atoms with Gasteiger partial charge in [-0.3, -0.25) is 0 Å². The lowest BCUT2D eigenvalue weighted by Gasteiger charge is -2.36. The van der Waals surface area contributed by atoms with Gasteiger partial charge in [0.15, 0.2) is 11.5 Å². The van der Waals surface area contributed by atoms with Crippen LogP contribution in [0.5, 0.6) is 0 Å². The van der Waals surface area contributed by atoms with Crippen molar-refractivity contribution in [3.8, 4) is 0 Å². The molecule has 6 rings (SSSR count). The molecule has 4 aromatic heterocycles. The number of rotatable bonds is 4. The standard InChI is InChI=1S/C22H19N7O2S2/c30-33(31,16-6-2-1-3-7-16)22-21-24-20(19-17(9-15-32-19)29(21)26-25-22)28-13-11-27(12-14-28)18-8-4-5-10-23-18/h1-10,15H,11-14H2. The largest absolute Gasteiger partial charge is 0.353 e. The number of piperazine rings is 1. The van der Waals surface area contributed by atoms with Gasteiger partial charge >= 0.3 is 0 Å². The van der Waals surface area contributed by atoms with E-state index in [0.717, 1.165) is 48.0 Å². The van der Waals surface area contributed by atoms with Crippen LogP contribution < -0.4 is 9.80 Å². The zero-order chi connectivity index (χ0) is 22.4. The first-order valence-electron chi connectivity index (χ1n) is 10.5. The Morgan fingerprint density at radius 2 is 1.64 bits per heavy atom. The Hall–Kier alpha value is -3.57. The van der Waals surface area contributed by atoms with Crippen LogP contribution in [0, 0.1) is 0 Å². The van der Waals surface area contributed by atoms with E-state index < -0.39 is 9.84 Å². The lowest BCUT2D eigenvalue weighted by Crippen LogP contribution is -2.47. The van der Waals surface area contributed by atoms with Crippen molar-refractivity contribution in [2.75, 3.05) is 36.0 Å². The number of fused-ring (bicyclic) bond motifs is 3. The van der Waals surface area contributed by atoms with Crippen molar-refractivity contribution in [3.05, 3.63) is 66.2 Å². The van der Waals surface area contributed by atoms with E-state index in [-0.39, 0.29) is 15.6 Å². The fourth-order valence-electron chi connectivity index (χ4n) is 4.10. The highest BCUT2D eigenvalue weighted by Crippen LogP contribution is 2.33. The molecule has 0 saturated carbocycles. The van der Waals surface area contributed by atoms with Crippen LogP contribution in [0.25, 0.3) is 15.9 Å². The molecule has 0 bridgehead atoms. The van der Waals surface area contributed by atoms with Crippen molar-refractivity contribution in [2.24, 2.45) is 0 Å². The molecule has 5 aromatic rings. The topological polar surface area (TPSA) is 96.6 Å². The number of thiophene rings is 1. The number of benzene rings is 1. The Kier molecular flexibility index (Phi) is 4.73. The van der Waals surface area contributed by atoms with E-state index in [0.29, 0.717) is 0 Å². The van der Waals surface area contributed by atoms with E-state index in [4.69, 9.17) is 4.98 Å². The van der Waals surface area contributed by atoms with Gasteiger partial charge in [0.25, 0.3) is 0 Å². The lowest BCUT2D eigenvalue weighted by molar-refractivity contribution is 0.592. The van der Waals surface area contributed by atoms with Crippen LogP contribution in [0.2, 0.25) is 0 Å². The average molecular weight is 478 g/mol. The van der Waals surface area contributed by atoms with Gasteiger partial charge in [-0.25, -0.2) is 18.4 Å². The molecule has 0 radical (unpaired) electrons. The quantitative estimate of drug-likeness (QED) is 0.390. The van der Waals surface area contributed by atoms with E-state index in [9.17, 15) is 8.42 Å². The predicted octanol–water partition coefficient (Wildman–Crippen LogP) is 2.89. The maximum Gasteiger partial charge on any atom is 0.229 e. The van der Waals surface area contributed by atoms with Crippen molar-refractivity contribution in [2.45, 2.75) is 9.92 Å². The van der Waals surface area contributed by atoms with Crippen LogP contribution in [-0.2, 0) is 9.84 Å². The van der Waals surface area contributed by atoms with Crippen molar-refractivity contribution < 1.29 is 8.42 Å². The van der Waals surface area contributed by atoms with Gasteiger partial charge in [-0.1, -0.05) is 29.5 Å². The van der Waals surface area contributed by atoms with Crippen molar-refractivity contribution >= 4 is 48.7 Å². The second kappa shape index (κ2) is 7.78. The molecule has 0 unspecified atom stereocenters. The molecule has 0 aliphatic carbocycles. The highest BCUT2D eigenvalue weighted by atomic mass is 32.2. The van der Waals surface area contributed by atoms with Crippen LogP contribution in [0.3, 0.4) is 0 Å². The van der Waals surface area contributed by atoms with Gasteiger partial charge in [-0.15, -0.1) is 16.4 Å². The minimum Gasteiger partial charge on any atom is -0.353 e. The van der Waals surface area contributed by atoms with Crippen LogP contribution in [0.4, 0.5) is 11.6 Å². The number of aromatic nitrogens is 5. The molecule has 5 heterocycles. The van der Waals surface area contributed by atoms with Gasteiger partial charge < -0.3 is 9.80 Å². The molecule has 1 fully saturated rings. The van der Waals surface area contributed by atoms with Gasteiger partial charge in [0.1, 0.15) is 5.82 Å². The molecule has 1 aromatic carbocycles. The van der Waals surface area contributed by atoms with E-state index >= 15 is 0 Å².